The van der Waals surface area contributed by atoms with Gasteiger partial charge in [-0.1, -0.05) is 58.6 Å². The molecule has 2 aromatic heterocycles. The van der Waals surface area contributed by atoms with Crippen molar-refractivity contribution < 1.29 is 0 Å². The van der Waals surface area contributed by atoms with Crippen LogP contribution in [-0.2, 0) is 12.0 Å². The van der Waals surface area contributed by atoms with Crippen LogP contribution >= 0.6 is 0 Å². The Kier molecular flexibility index (Phi) is 10.1. The smallest absolute Gasteiger partial charge is 0.139 e. The molecule has 2 heterocycles. The van der Waals surface area contributed by atoms with E-state index < -0.39 is 0 Å². The normalized spacial score (nSPS) is 17.9. The van der Waals surface area contributed by atoms with Crippen molar-refractivity contribution in [1.29, 1.82) is 0 Å². The largest absolute Gasteiger partial charge is 0.362 e. The van der Waals surface area contributed by atoms with E-state index in [4.69, 9.17) is 0 Å². The van der Waals surface area contributed by atoms with E-state index in [9.17, 15) is 0 Å². The maximum Gasteiger partial charge on any atom is 0.139 e. The molecule has 0 bridgehead atoms. The lowest BCUT2D eigenvalue weighted by molar-refractivity contribution is 0.308. The first-order valence-electron chi connectivity index (χ1n) is 12.9. The van der Waals surface area contributed by atoms with Crippen LogP contribution in [0.15, 0.2) is 30.3 Å². The molecule has 0 unspecified atom stereocenters. The van der Waals surface area contributed by atoms with Crippen LogP contribution in [0.5, 0.6) is 0 Å². The number of hydrogen-bond acceptors (Lipinski definition) is 4. The van der Waals surface area contributed by atoms with Gasteiger partial charge in [0.1, 0.15) is 11.6 Å². The topological polar surface area (TPSA) is 46.8 Å². The number of aromatic nitrogens is 4. The zero-order valence-electron chi connectivity index (χ0n) is 23.3. The Morgan fingerprint density at radius 3 is 1.94 bits per heavy atom. The summed E-state index contributed by atoms with van der Waals surface area (Å²) in [6, 6.07) is 10.2. The molecule has 0 atom stereocenters. The summed E-state index contributed by atoms with van der Waals surface area (Å²) >= 11 is 0. The molecular formula is C29H47N5. The van der Waals surface area contributed by atoms with E-state index in [1.54, 1.807) is 0 Å². The fraction of sp³-hybridized carbons (Fsp3) is 0.621. The molecule has 5 heteroatoms. The summed E-state index contributed by atoms with van der Waals surface area (Å²) in [5, 5.41) is 5.62. The SMILES string of the molecule is CC1CCC(C)CC1.CCc1cc(C)n(C(C)(C)C)n1.Cc1nc(N(C)C)c2ccccc2n1. The average molecular weight is 466 g/mol. The minimum absolute atomic E-state index is 0.109. The van der Waals surface area contributed by atoms with Crippen LogP contribution < -0.4 is 4.90 Å². The molecule has 1 saturated carbocycles. The van der Waals surface area contributed by atoms with Crippen molar-refractivity contribution in [2.45, 2.75) is 93.0 Å². The summed E-state index contributed by atoms with van der Waals surface area (Å²) in [6.45, 7) is 17.4. The summed E-state index contributed by atoms with van der Waals surface area (Å²) in [4.78, 5) is 10.8. The standard InChI is InChI=1S/C11H13N3.C10H18N2.C8H16/c1-8-12-10-7-5-4-6-9(10)11(13-8)14(2)3;1-6-9-7-8(2)12(11-9)10(3,4)5;1-7-3-5-8(2)6-4-7/h4-7H,1-3H3;7H,6H2,1-5H3;7-8H,3-6H2,1-2H3. The molecule has 1 aliphatic carbocycles. The first kappa shape index (κ1) is 27.8. The van der Waals surface area contributed by atoms with Crippen LogP contribution in [0.2, 0.25) is 0 Å². The highest BCUT2D eigenvalue weighted by Gasteiger charge is 2.16. The predicted molar refractivity (Wildman–Crippen MR) is 147 cm³/mol. The molecule has 1 fully saturated rings. The van der Waals surface area contributed by atoms with Crippen LogP contribution in [-0.4, -0.2) is 33.8 Å². The van der Waals surface area contributed by atoms with Crippen molar-refractivity contribution in [2.75, 3.05) is 19.0 Å². The second-order valence-electron chi connectivity index (χ2n) is 11.1. The Hall–Kier alpha value is -2.43. The van der Waals surface area contributed by atoms with E-state index >= 15 is 0 Å². The summed E-state index contributed by atoms with van der Waals surface area (Å²) in [5.41, 5.74) is 3.54. The Labute approximate surface area is 208 Å². The van der Waals surface area contributed by atoms with Crippen molar-refractivity contribution in [3.05, 3.63) is 47.5 Å². The van der Waals surface area contributed by atoms with Crippen molar-refractivity contribution in [1.82, 2.24) is 19.7 Å². The maximum atomic E-state index is 4.52. The molecule has 0 radical (unpaired) electrons. The predicted octanol–water partition coefficient (Wildman–Crippen LogP) is 7.35. The highest BCUT2D eigenvalue weighted by atomic mass is 15.3. The van der Waals surface area contributed by atoms with Gasteiger partial charge in [0.05, 0.1) is 16.7 Å². The Bertz CT molecular complexity index is 1010. The molecule has 1 aromatic carbocycles. The lowest BCUT2D eigenvalue weighted by Crippen LogP contribution is -2.24. The fourth-order valence-corrected chi connectivity index (χ4v) is 4.33. The van der Waals surface area contributed by atoms with E-state index in [1.165, 1.54) is 37.1 Å². The lowest BCUT2D eigenvalue weighted by atomic mass is 9.84. The van der Waals surface area contributed by atoms with E-state index in [0.717, 1.165) is 40.8 Å². The van der Waals surface area contributed by atoms with Crippen molar-refractivity contribution in [2.24, 2.45) is 11.8 Å². The van der Waals surface area contributed by atoms with E-state index in [2.05, 4.69) is 74.3 Å². The van der Waals surface area contributed by atoms with Gasteiger partial charge >= 0.3 is 0 Å². The monoisotopic (exact) mass is 465 g/mol. The van der Waals surface area contributed by atoms with Gasteiger partial charge in [0.25, 0.3) is 0 Å². The summed E-state index contributed by atoms with van der Waals surface area (Å²) in [6.07, 6.45) is 6.91. The molecule has 0 N–H and O–H groups in total. The molecular weight excluding hydrogens is 418 g/mol. The molecule has 4 rings (SSSR count). The minimum Gasteiger partial charge on any atom is -0.362 e. The van der Waals surface area contributed by atoms with Gasteiger partial charge in [-0.2, -0.15) is 5.10 Å². The fourth-order valence-electron chi connectivity index (χ4n) is 4.33. The lowest BCUT2D eigenvalue weighted by Gasteiger charge is -2.22. The highest BCUT2D eigenvalue weighted by molar-refractivity contribution is 5.89. The maximum absolute atomic E-state index is 4.52. The number of aryl methyl sites for hydroxylation is 3. The number of anilines is 1. The molecule has 5 nitrogen and oxygen atoms in total. The number of fused-ring (bicyclic) bond motifs is 1. The third-order valence-electron chi connectivity index (χ3n) is 6.36. The summed E-state index contributed by atoms with van der Waals surface area (Å²) < 4.78 is 2.09. The molecule has 34 heavy (non-hydrogen) atoms. The van der Waals surface area contributed by atoms with Gasteiger partial charge in [0.15, 0.2) is 0 Å². The first-order valence-corrected chi connectivity index (χ1v) is 12.9. The van der Waals surface area contributed by atoms with Gasteiger partial charge in [0, 0.05) is 25.2 Å². The van der Waals surface area contributed by atoms with Gasteiger partial charge in [-0.25, -0.2) is 9.97 Å². The van der Waals surface area contributed by atoms with Crippen LogP contribution in [0, 0.1) is 25.7 Å². The average Bonchev–Trinajstić information content (AvgIpc) is 3.17. The van der Waals surface area contributed by atoms with Crippen molar-refractivity contribution in [3.63, 3.8) is 0 Å². The summed E-state index contributed by atoms with van der Waals surface area (Å²) in [5.74, 6) is 3.83. The zero-order chi connectivity index (χ0) is 25.5. The van der Waals surface area contributed by atoms with Gasteiger partial charge in [0.2, 0.25) is 0 Å². The van der Waals surface area contributed by atoms with E-state index in [-0.39, 0.29) is 5.54 Å². The molecule has 1 aliphatic rings. The second-order valence-corrected chi connectivity index (χ2v) is 11.1. The highest BCUT2D eigenvalue weighted by Crippen LogP contribution is 2.27. The number of hydrogen-bond donors (Lipinski definition) is 0. The third kappa shape index (κ3) is 8.11. The van der Waals surface area contributed by atoms with Gasteiger partial charge < -0.3 is 4.90 Å². The van der Waals surface area contributed by atoms with Crippen molar-refractivity contribution >= 4 is 16.7 Å². The Balaban J connectivity index is 0.000000187. The number of rotatable bonds is 2. The third-order valence-corrected chi connectivity index (χ3v) is 6.36. The number of benzene rings is 1. The van der Waals surface area contributed by atoms with Crippen LogP contribution in [0.1, 0.15) is 84.4 Å². The zero-order valence-corrected chi connectivity index (χ0v) is 23.3. The molecule has 3 aromatic rings. The van der Waals surface area contributed by atoms with Crippen LogP contribution in [0.3, 0.4) is 0 Å². The molecule has 188 valence electrons. The molecule has 0 saturated heterocycles. The summed E-state index contributed by atoms with van der Waals surface area (Å²) in [7, 11) is 3.99. The quantitative estimate of drug-likeness (QED) is 0.397. The van der Waals surface area contributed by atoms with Crippen molar-refractivity contribution in [3.8, 4) is 0 Å². The first-order chi connectivity index (χ1) is 15.9. The molecule has 0 spiro atoms. The van der Waals surface area contributed by atoms with Gasteiger partial charge in [-0.05, 0) is 71.1 Å². The van der Waals surface area contributed by atoms with E-state index in [1.807, 2.05) is 50.2 Å². The second kappa shape index (κ2) is 12.3. The Morgan fingerprint density at radius 2 is 1.50 bits per heavy atom. The minimum atomic E-state index is 0.109. The number of nitrogens with zero attached hydrogens (tertiary/aromatic N) is 5. The van der Waals surface area contributed by atoms with Crippen LogP contribution in [0.25, 0.3) is 10.9 Å². The molecule has 0 aliphatic heterocycles. The number of para-hydroxylation sites is 1. The van der Waals surface area contributed by atoms with Crippen LogP contribution in [0.4, 0.5) is 5.82 Å². The van der Waals surface area contributed by atoms with E-state index in [0.29, 0.717) is 0 Å². The Morgan fingerprint density at radius 1 is 0.941 bits per heavy atom. The van der Waals surface area contributed by atoms with Gasteiger partial charge in [-0.3, -0.25) is 4.68 Å². The molecule has 0 amide bonds. The van der Waals surface area contributed by atoms with Gasteiger partial charge in [-0.15, -0.1) is 0 Å².